The summed E-state index contributed by atoms with van der Waals surface area (Å²) >= 11 is 0. The van der Waals surface area contributed by atoms with E-state index < -0.39 is 0 Å². The lowest BCUT2D eigenvalue weighted by molar-refractivity contribution is 0.0953. The predicted molar refractivity (Wildman–Crippen MR) is 130 cm³/mol. The van der Waals surface area contributed by atoms with Crippen molar-refractivity contribution < 1.29 is 9.47 Å². The van der Waals surface area contributed by atoms with Gasteiger partial charge in [0.25, 0.3) is 0 Å². The van der Waals surface area contributed by atoms with Gasteiger partial charge in [0.15, 0.2) is 11.5 Å². The fraction of sp³-hybridized carbons (Fsp3) is 0.393. The molecular weight excluding hydrogens is 410 g/mol. The van der Waals surface area contributed by atoms with Crippen LogP contribution in [0.1, 0.15) is 29.5 Å². The van der Waals surface area contributed by atoms with Crippen LogP contribution in [0.25, 0.3) is 0 Å². The van der Waals surface area contributed by atoms with Gasteiger partial charge in [0.1, 0.15) is 0 Å². The molecule has 1 aromatic heterocycles. The third kappa shape index (κ3) is 5.55. The third-order valence-corrected chi connectivity index (χ3v) is 7.03. The summed E-state index contributed by atoms with van der Waals surface area (Å²) in [7, 11) is 2.28. The summed E-state index contributed by atoms with van der Waals surface area (Å²) in [6, 6.07) is 22.0. The number of fused-ring (bicyclic) bond motifs is 1. The minimum Gasteiger partial charge on any atom is -0.454 e. The summed E-state index contributed by atoms with van der Waals surface area (Å²) in [4.78, 5) is 9.44. The third-order valence-electron chi connectivity index (χ3n) is 7.03. The van der Waals surface area contributed by atoms with E-state index in [1.807, 2.05) is 24.5 Å². The number of piperidine rings is 1. The maximum Gasteiger partial charge on any atom is 0.231 e. The zero-order valence-corrected chi connectivity index (χ0v) is 19.4. The van der Waals surface area contributed by atoms with Crippen molar-refractivity contribution in [1.29, 1.82) is 0 Å². The fourth-order valence-electron chi connectivity index (χ4n) is 5.23. The second kappa shape index (κ2) is 10.4. The molecule has 2 aromatic carbocycles. The Balaban J connectivity index is 1.23. The van der Waals surface area contributed by atoms with Crippen molar-refractivity contribution in [2.75, 3.05) is 26.9 Å². The lowest BCUT2D eigenvalue weighted by Crippen LogP contribution is -2.44. The van der Waals surface area contributed by atoms with Crippen molar-refractivity contribution in [3.63, 3.8) is 0 Å². The van der Waals surface area contributed by atoms with E-state index in [0.717, 1.165) is 44.1 Å². The monoisotopic (exact) mass is 443 g/mol. The first kappa shape index (κ1) is 21.9. The smallest absolute Gasteiger partial charge is 0.231 e. The highest BCUT2D eigenvalue weighted by Gasteiger charge is 2.29. The number of likely N-dealkylation sites (N-methyl/N-ethyl adjacent to an activating group) is 1. The Morgan fingerprint density at radius 2 is 1.73 bits per heavy atom. The molecular formula is C28H33N3O2. The molecule has 0 radical (unpaired) electrons. The highest BCUT2D eigenvalue weighted by atomic mass is 16.7. The maximum absolute atomic E-state index is 5.56. The van der Waals surface area contributed by atoms with E-state index in [4.69, 9.17) is 9.47 Å². The molecule has 172 valence electrons. The molecule has 0 saturated carbocycles. The first-order chi connectivity index (χ1) is 16.2. The van der Waals surface area contributed by atoms with Gasteiger partial charge in [-0.05, 0) is 80.2 Å². The highest BCUT2D eigenvalue weighted by molar-refractivity contribution is 5.44. The van der Waals surface area contributed by atoms with E-state index in [9.17, 15) is 0 Å². The van der Waals surface area contributed by atoms with Crippen molar-refractivity contribution >= 4 is 0 Å². The Morgan fingerprint density at radius 1 is 0.939 bits per heavy atom. The Hall–Kier alpha value is -2.89. The van der Waals surface area contributed by atoms with E-state index in [0.29, 0.717) is 18.8 Å². The molecule has 1 atom stereocenters. The Labute approximate surface area is 197 Å². The van der Waals surface area contributed by atoms with Gasteiger partial charge in [0.2, 0.25) is 6.79 Å². The number of aromatic nitrogens is 1. The van der Waals surface area contributed by atoms with Gasteiger partial charge >= 0.3 is 0 Å². The summed E-state index contributed by atoms with van der Waals surface area (Å²) in [5.41, 5.74) is 3.99. The lowest BCUT2D eigenvalue weighted by atomic mass is 9.84. The van der Waals surface area contributed by atoms with E-state index in [1.165, 1.54) is 29.5 Å². The standard InChI is InChI=1S/C28H33N3O2/c1-30(19-24-8-5-13-29-18-24)26(16-22-6-3-2-4-7-22)25-11-14-31(15-12-25)20-23-9-10-27-28(17-23)33-21-32-27/h2-10,13,17-18,25-26H,11-12,14-16,19-21H2,1H3/t26-/m0/s1. The van der Waals surface area contributed by atoms with Gasteiger partial charge in [-0.3, -0.25) is 14.8 Å². The summed E-state index contributed by atoms with van der Waals surface area (Å²) in [5, 5.41) is 0. The van der Waals surface area contributed by atoms with Crippen LogP contribution in [0.15, 0.2) is 73.1 Å². The predicted octanol–water partition coefficient (Wildman–Crippen LogP) is 4.77. The van der Waals surface area contributed by atoms with Crippen LogP contribution < -0.4 is 9.47 Å². The zero-order valence-electron chi connectivity index (χ0n) is 19.4. The van der Waals surface area contributed by atoms with Gasteiger partial charge < -0.3 is 9.47 Å². The normalized spacial score (nSPS) is 17.4. The number of hydrogen-bond donors (Lipinski definition) is 0. The average molecular weight is 444 g/mol. The lowest BCUT2D eigenvalue weighted by Gasteiger charge is -2.40. The van der Waals surface area contributed by atoms with Crippen LogP contribution in [0.2, 0.25) is 0 Å². The van der Waals surface area contributed by atoms with Crippen LogP contribution in [0, 0.1) is 5.92 Å². The molecule has 0 unspecified atom stereocenters. The van der Waals surface area contributed by atoms with Crippen LogP contribution in [0.3, 0.4) is 0 Å². The molecule has 1 fully saturated rings. The molecule has 0 amide bonds. The highest BCUT2D eigenvalue weighted by Crippen LogP contribution is 2.33. The van der Waals surface area contributed by atoms with Crippen molar-refractivity contribution in [3.8, 4) is 11.5 Å². The van der Waals surface area contributed by atoms with Gasteiger partial charge in [-0.15, -0.1) is 0 Å². The van der Waals surface area contributed by atoms with E-state index in [1.54, 1.807) is 0 Å². The van der Waals surface area contributed by atoms with Gasteiger partial charge in [-0.25, -0.2) is 0 Å². The van der Waals surface area contributed by atoms with E-state index in [-0.39, 0.29) is 0 Å². The molecule has 5 nitrogen and oxygen atoms in total. The number of benzene rings is 2. The molecule has 0 spiro atoms. The van der Waals surface area contributed by atoms with Crippen LogP contribution >= 0.6 is 0 Å². The van der Waals surface area contributed by atoms with Crippen molar-refractivity contribution in [3.05, 3.63) is 89.7 Å². The van der Waals surface area contributed by atoms with Crippen LogP contribution in [0.4, 0.5) is 0 Å². The molecule has 33 heavy (non-hydrogen) atoms. The second-order valence-electron chi connectivity index (χ2n) is 9.33. The van der Waals surface area contributed by atoms with Crippen molar-refractivity contribution in [2.45, 2.75) is 38.4 Å². The Kier molecular flexibility index (Phi) is 6.89. The van der Waals surface area contributed by atoms with Crippen LogP contribution in [-0.4, -0.2) is 47.8 Å². The Morgan fingerprint density at radius 3 is 2.52 bits per heavy atom. The second-order valence-corrected chi connectivity index (χ2v) is 9.33. The van der Waals surface area contributed by atoms with E-state index in [2.05, 4.69) is 70.4 Å². The maximum atomic E-state index is 5.56. The van der Waals surface area contributed by atoms with E-state index >= 15 is 0 Å². The summed E-state index contributed by atoms with van der Waals surface area (Å²) in [6.07, 6.45) is 7.37. The zero-order chi connectivity index (χ0) is 22.5. The largest absolute Gasteiger partial charge is 0.454 e. The molecule has 0 N–H and O–H groups in total. The summed E-state index contributed by atoms with van der Waals surface area (Å²) in [6.45, 7) is 4.50. The number of nitrogens with zero attached hydrogens (tertiary/aromatic N) is 3. The molecule has 5 heteroatoms. The fourth-order valence-corrected chi connectivity index (χ4v) is 5.23. The molecule has 2 aliphatic rings. The van der Waals surface area contributed by atoms with Gasteiger partial charge in [-0.1, -0.05) is 42.5 Å². The SMILES string of the molecule is CN(Cc1cccnc1)[C@@H](Cc1ccccc1)C1CCN(Cc2ccc3c(c2)OCO3)CC1. The number of rotatable bonds is 8. The number of pyridine rings is 1. The molecule has 0 aliphatic carbocycles. The van der Waals surface area contributed by atoms with Gasteiger partial charge in [0, 0.05) is 31.5 Å². The topological polar surface area (TPSA) is 37.8 Å². The first-order valence-electron chi connectivity index (χ1n) is 12.0. The van der Waals surface area contributed by atoms with Crippen LogP contribution in [0.5, 0.6) is 11.5 Å². The van der Waals surface area contributed by atoms with Gasteiger partial charge in [-0.2, -0.15) is 0 Å². The molecule has 0 bridgehead atoms. The number of hydrogen-bond acceptors (Lipinski definition) is 5. The summed E-state index contributed by atoms with van der Waals surface area (Å²) in [5.74, 6) is 2.42. The quantitative estimate of drug-likeness (QED) is 0.502. The van der Waals surface area contributed by atoms with Gasteiger partial charge in [0.05, 0.1) is 0 Å². The molecule has 3 heterocycles. The number of likely N-dealkylation sites (tertiary alicyclic amines) is 1. The Bertz CT molecular complexity index is 1020. The molecule has 2 aliphatic heterocycles. The van der Waals surface area contributed by atoms with Crippen molar-refractivity contribution in [1.82, 2.24) is 14.8 Å². The number of ether oxygens (including phenoxy) is 2. The minimum atomic E-state index is 0.333. The summed E-state index contributed by atoms with van der Waals surface area (Å²) < 4.78 is 11.0. The molecule has 3 aromatic rings. The first-order valence-corrected chi connectivity index (χ1v) is 12.0. The molecule has 5 rings (SSSR count). The van der Waals surface area contributed by atoms with Crippen molar-refractivity contribution in [2.24, 2.45) is 5.92 Å². The molecule has 1 saturated heterocycles. The van der Waals surface area contributed by atoms with Crippen LogP contribution in [-0.2, 0) is 19.5 Å². The average Bonchev–Trinajstić information content (AvgIpc) is 3.32. The minimum absolute atomic E-state index is 0.333.